The molecule has 0 unspecified atom stereocenters. The van der Waals surface area contributed by atoms with E-state index in [0.717, 1.165) is 68.2 Å². The average Bonchev–Trinajstić information content (AvgIpc) is 3.60. The number of ether oxygens (including phenoxy) is 2. The largest absolute Gasteiger partial charge is 0.396 e. The third kappa shape index (κ3) is 11.4. The quantitative estimate of drug-likeness (QED) is 0.0292. The van der Waals surface area contributed by atoms with Crippen LogP contribution in [0.2, 0.25) is 0 Å². The van der Waals surface area contributed by atoms with Crippen molar-refractivity contribution in [3.8, 4) is 0 Å². The summed E-state index contributed by atoms with van der Waals surface area (Å²) in [6, 6.07) is 8.99. The lowest BCUT2D eigenvalue weighted by Gasteiger charge is -2.61. The number of hydrogen-bond donors (Lipinski definition) is 7. The van der Waals surface area contributed by atoms with Gasteiger partial charge in [-0.15, -0.1) is 0 Å². The molecular formula is C51H77N3O7. The van der Waals surface area contributed by atoms with Crippen molar-refractivity contribution in [3.05, 3.63) is 106 Å². The lowest BCUT2D eigenvalue weighted by atomic mass is 9.45. The molecule has 9 atom stereocenters. The maximum atomic E-state index is 12.9. The zero-order chi connectivity index (χ0) is 44.0. The summed E-state index contributed by atoms with van der Waals surface area (Å²) in [4.78, 5) is 12.4. The van der Waals surface area contributed by atoms with Gasteiger partial charge in [-0.1, -0.05) is 84.0 Å². The Balaban J connectivity index is 1.46. The summed E-state index contributed by atoms with van der Waals surface area (Å²) < 4.78 is 11.6. The van der Waals surface area contributed by atoms with Gasteiger partial charge in [0.2, 0.25) is 0 Å². The van der Waals surface area contributed by atoms with Crippen LogP contribution in [0.1, 0.15) is 76.3 Å². The fraction of sp³-hybridized carbons (Fsp3) is 0.627. The van der Waals surface area contributed by atoms with Gasteiger partial charge in [-0.2, -0.15) is 0 Å². The summed E-state index contributed by atoms with van der Waals surface area (Å²) in [5.74, 6) is -0.742. The molecule has 1 aliphatic heterocycles. The Kier molecular flexibility index (Phi) is 18.5. The smallest absolute Gasteiger partial charge is 0.145 e. The number of aliphatic hydroxyl groups is 4. The topological polar surface area (TPSA) is 153 Å². The lowest BCUT2D eigenvalue weighted by Crippen LogP contribution is -2.65. The number of nitrogens with one attached hydrogen (secondary N) is 3. The SMILES string of the molecule is C=C(/C=C/C=C(/COCCO)[C@@H]1CC[C@]2([C@@H]1O)[C@@H]1C(=C(C)C=O)[C@@H](C=C[C@@H]1CCO)C[C@]2(O)CCNC)[C@@H]1C/C=C(\C)CN[C@@](CCNC)(CCOC)Cc2cccc(c2)C1. The molecule has 1 aromatic rings. The molecule has 338 valence electrons. The number of carbonyl (C=O) groups excluding carboxylic acids is 1. The van der Waals surface area contributed by atoms with Crippen LogP contribution in [0.5, 0.6) is 0 Å². The molecule has 2 fully saturated rings. The van der Waals surface area contributed by atoms with Gasteiger partial charge in [0.1, 0.15) is 6.29 Å². The normalized spacial score (nSPS) is 33.6. The number of rotatable bonds is 20. The summed E-state index contributed by atoms with van der Waals surface area (Å²) in [5, 5.41) is 56.3. The highest BCUT2D eigenvalue weighted by Crippen LogP contribution is 2.67. The molecular weight excluding hydrogens is 767 g/mol. The van der Waals surface area contributed by atoms with Crippen LogP contribution in [0.3, 0.4) is 0 Å². The molecule has 0 saturated heterocycles. The van der Waals surface area contributed by atoms with Crippen LogP contribution in [0, 0.1) is 35.0 Å². The van der Waals surface area contributed by atoms with E-state index in [0.29, 0.717) is 50.8 Å². The molecule has 4 bridgehead atoms. The Hall–Kier alpha value is -3.03. The van der Waals surface area contributed by atoms with E-state index >= 15 is 0 Å². The maximum absolute atomic E-state index is 12.9. The van der Waals surface area contributed by atoms with Crippen molar-refractivity contribution in [2.75, 3.05) is 73.9 Å². The van der Waals surface area contributed by atoms with Crippen molar-refractivity contribution >= 4 is 6.29 Å². The van der Waals surface area contributed by atoms with E-state index < -0.39 is 17.1 Å². The number of aliphatic hydroxyl groups excluding tert-OH is 3. The van der Waals surface area contributed by atoms with Crippen LogP contribution in [-0.2, 0) is 27.1 Å². The van der Waals surface area contributed by atoms with Gasteiger partial charge in [0.05, 0.1) is 31.5 Å². The summed E-state index contributed by atoms with van der Waals surface area (Å²) in [6.07, 6.45) is 19.7. The average molecular weight is 844 g/mol. The Labute approximate surface area is 366 Å². The molecule has 4 aliphatic rings. The van der Waals surface area contributed by atoms with Crippen molar-refractivity contribution < 1.29 is 34.7 Å². The predicted octanol–water partition coefficient (Wildman–Crippen LogP) is 5.58. The molecule has 3 aliphatic carbocycles. The summed E-state index contributed by atoms with van der Waals surface area (Å²) in [7, 11) is 5.66. The first kappa shape index (κ1) is 49.0. The van der Waals surface area contributed by atoms with Gasteiger partial charge in [-0.25, -0.2) is 0 Å². The zero-order valence-corrected chi connectivity index (χ0v) is 37.8. The van der Waals surface area contributed by atoms with Gasteiger partial charge >= 0.3 is 0 Å². The standard InChI is InChI=1S/C51H77N3O7/c1-36-13-14-42(30-39-10-8-11-40(29-39)31-49(54-33-36,20-23-52-4)22-27-60-6)37(2)9-7-12-44(35-61-28-26-56)45-17-19-51(48(45)58)47-41(18-25-55)15-16-43(46(47)38(3)34-57)32-50(51,59)21-24-53-5/h7-13,15-16,29,34,41-43,45,47-48,52-56,58-59H,2,14,17-28,30-33,35H2,1,3-6H3/b9-7+,36-13+,44-12-,46-38?/t41-,42-,43+,45+,47+,48-,49+,50-,51-/m1/s1. The third-order valence-electron chi connectivity index (χ3n) is 14.7. The molecule has 0 radical (unpaired) electrons. The zero-order valence-electron chi connectivity index (χ0n) is 37.8. The molecule has 10 nitrogen and oxygen atoms in total. The first-order valence-electron chi connectivity index (χ1n) is 22.8. The minimum absolute atomic E-state index is 0.0335. The van der Waals surface area contributed by atoms with Crippen LogP contribution in [0.15, 0.2) is 95.2 Å². The highest BCUT2D eigenvalue weighted by Gasteiger charge is 2.68. The van der Waals surface area contributed by atoms with Gasteiger partial charge in [-0.3, -0.25) is 4.79 Å². The van der Waals surface area contributed by atoms with E-state index in [-0.39, 0.29) is 61.6 Å². The highest BCUT2D eigenvalue weighted by molar-refractivity contribution is 5.74. The summed E-state index contributed by atoms with van der Waals surface area (Å²) in [5.41, 5.74) is 5.15. The molecule has 1 heterocycles. The Morgan fingerprint density at radius 2 is 1.84 bits per heavy atom. The highest BCUT2D eigenvalue weighted by atomic mass is 16.5. The number of benzene rings is 1. The van der Waals surface area contributed by atoms with Crippen LogP contribution >= 0.6 is 0 Å². The fourth-order valence-corrected chi connectivity index (χ4v) is 11.4. The number of allylic oxidation sites excluding steroid dienone is 9. The summed E-state index contributed by atoms with van der Waals surface area (Å²) in [6.45, 7) is 11.9. The van der Waals surface area contributed by atoms with Gasteiger partial charge < -0.3 is 45.9 Å². The van der Waals surface area contributed by atoms with Crippen molar-refractivity contribution in [1.82, 2.24) is 16.0 Å². The van der Waals surface area contributed by atoms with E-state index in [1.165, 1.54) is 16.7 Å². The second kappa shape index (κ2) is 23.1. The molecule has 10 heteroatoms. The second-order valence-corrected chi connectivity index (χ2v) is 18.5. The van der Waals surface area contributed by atoms with Crippen LogP contribution in [0.25, 0.3) is 0 Å². The summed E-state index contributed by atoms with van der Waals surface area (Å²) >= 11 is 0. The minimum atomic E-state index is -1.23. The Morgan fingerprint density at radius 1 is 1.07 bits per heavy atom. The first-order chi connectivity index (χ1) is 29.4. The van der Waals surface area contributed by atoms with Crippen molar-refractivity contribution in [2.24, 2.45) is 35.0 Å². The van der Waals surface area contributed by atoms with E-state index in [9.17, 15) is 25.2 Å². The number of fused-ring (bicyclic) bond motifs is 5. The molecule has 1 aromatic carbocycles. The second-order valence-electron chi connectivity index (χ2n) is 18.5. The monoisotopic (exact) mass is 844 g/mol. The lowest BCUT2D eigenvalue weighted by molar-refractivity contribution is -0.194. The van der Waals surface area contributed by atoms with Crippen LogP contribution in [-0.4, -0.2) is 118 Å². The number of hydrogen-bond acceptors (Lipinski definition) is 10. The first-order valence-corrected chi connectivity index (χ1v) is 22.8. The fourth-order valence-electron chi connectivity index (χ4n) is 11.4. The van der Waals surface area contributed by atoms with Gasteiger partial charge in [-0.05, 0) is 145 Å². The maximum Gasteiger partial charge on any atom is 0.145 e. The van der Waals surface area contributed by atoms with E-state index in [2.05, 4.69) is 78.0 Å². The molecule has 7 N–H and O–H groups in total. The van der Waals surface area contributed by atoms with Crippen LogP contribution < -0.4 is 16.0 Å². The van der Waals surface area contributed by atoms with Crippen molar-refractivity contribution in [3.63, 3.8) is 0 Å². The molecule has 0 amide bonds. The molecule has 2 saturated carbocycles. The Morgan fingerprint density at radius 3 is 2.56 bits per heavy atom. The molecule has 5 rings (SSSR count). The van der Waals surface area contributed by atoms with Gasteiger partial charge in [0.25, 0.3) is 0 Å². The number of carbonyl (C=O) groups is 1. The van der Waals surface area contributed by atoms with E-state index in [1.54, 1.807) is 7.11 Å². The number of aldehydes is 1. The predicted molar refractivity (Wildman–Crippen MR) is 245 cm³/mol. The Bertz CT molecular complexity index is 1760. The minimum Gasteiger partial charge on any atom is -0.396 e. The van der Waals surface area contributed by atoms with Crippen LogP contribution in [0.4, 0.5) is 0 Å². The van der Waals surface area contributed by atoms with Gasteiger partial charge in [0.15, 0.2) is 0 Å². The molecule has 1 spiro atoms. The van der Waals surface area contributed by atoms with Crippen molar-refractivity contribution in [2.45, 2.75) is 95.3 Å². The molecule has 61 heavy (non-hydrogen) atoms. The van der Waals surface area contributed by atoms with E-state index in [1.807, 2.05) is 33.2 Å². The third-order valence-corrected chi connectivity index (χ3v) is 14.7. The van der Waals surface area contributed by atoms with Gasteiger partial charge in [0, 0.05) is 49.7 Å². The number of methoxy groups -OCH3 is 1. The van der Waals surface area contributed by atoms with E-state index in [4.69, 9.17) is 9.47 Å². The van der Waals surface area contributed by atoms with Crippen molar-refractivity contribution in [1.29, 1.82) is 0 Å². The molecule has 0 aromatic heterocycles.